The van der Waals surface area contributed by atoms with Gasteiger partial charge in [0.15, 0.2) is 5.78 Å². The molecule has 0 saturated carbocycles. The molecule has 0 amide bonds. The van der Waals surface area contributed by atoms with Crippen LogP contribution in [-0.2, 0) is 36.0 Å². The number of methoxy groups -OCH3 is 1. The van der Waals surface area contributed by atoms with E-state index >= 15 is 0 Å². The molecule has 2 aliphatic rings. The van der Waals surface area contributed by atoms with Gasteiger partial charge in [-0.15, -0.1) is 0 Å². The highest BCUT2D eigenvalue weighted by Crippen LogP contribution is 2.56. The number of esters is 2. The summed E-state index contributed by atoms with van der Waals surface area (Å²) in [5, 5.41) is 0. The molecule has 6 rings (SSSR count). The number of likely N-dealkylation sites (tertiary alicyclic amines) is 1. The van der Waals surface area contributed by atoms with Crippen LogP contribution in [0.3, 0.4) is 0 Å². The molecule has 1 saturated heterocycles. The number of benzene rings is 4. The molecule has 6 nitrogen and oxygen atoms in total. The number of hydrogen-bond acceptors (Lipinski definition) is 6. The predicted octanol–water partition coefficient (Wildman–Crippen LogP) is 5.13. The SMILES string of the molecule is COC(=O)CC1C(=O)CN(C2(c3ccccc3)c3ccccc3-c3ccccc32)[C@@H]1C(=O)OCc1ccccc1. The van der Waals surface area contributed by atoms with E-state index in [0.717, 1.165) is 33.4 Å². The van der Waals surface area contributed by atoms with E-state index in [2.05, 4.69) is 24.3 Å². The van der Waals surface area contributed by atoms with Crippen LogP contribution in [0.5, 0.6) is 0 Å². The molecule has 40 heavy (non-hydrogen) atoms. The molecule has 2 atom stereocenters. The van der Waals surface area contributed by atoms with Gasteiger partial charge in [0, 0.05) is 0 Å². The van der Waals surface area contributed by atoms with Gasteiger partial charge < -0.3 is 9.47 Å². The minimum atomic E-state index is -1.00. The first kappa shape index (κ1) is 25.7. The number of Topliss-reactive ketones (excluding diaryl/α,β-unsaturated/α-hetero) is 1. The van der Waals surface area contributed by atoms with Gasteiger partial charge in [0.1, 0.15) is 12.6 Å². The third kappa shape index (κ3) is 4.12. The Labute approximate surface area is 233 Å². The van der Waals surface area contributed by atoms with Crippen molar-refractivity contribution in [1.29, 1.82) is 0 Å². The van der Waals surface area contributed by atoms with Crippen molar-refractivity contribution in [1.82, 2.24) is 4.90 Å². The Morgan fingerprint density at radius 3 is 1.95 bits per heavy atom. The van der Waals surface area contributed by atoms with E-state index in [1.54, 1.807) is 0 Å². The zero-order valence-corrected chi connectivity index (χ0v) is 22.2. The van der Waals surface area contributed by atoms with E-state index < -0.39 is 29.4 Å². The van der Waals surface area contributed by atoms with Crippen LogP contribution in [0.15, 0.2) is 109 Å². The Bertz CT molecular complexity index is 1520. The largest absolute Gasteiger partial charge is 0.469 e. The fraction of sp³-hybridized carbons (Fsp3) is 0.206. The smallest absolute Gasteiger partial charge is 0.324 e. The predicted molar refractivity (Wildman–Crippen MR) is 150 cm³/mol. The lowest BCUT2D eigenvalue weighted by molar-refractivity contribution is -0.155. The Kier molecular flexibility index (Phi) is 6.78. The maximum absolute atomic E-state index is 14.0. The molecule has 1 aliphatic carbocycles. The quantitative estimate of drug-likeness (QED) is 0.308. The Morgan fingerprint density at radius 2 is 1.35 bits per heavy atom. The van der Waals surface area contributed by atoms with Crippen LogP contribution < -0.4 is 0 Å². The maximum Gasteiger partial charge on any atom is 0.324 e. The van der Waals surface area contributed by atoms with E-state index in [1.807, 2.05) is 89.8 Å². The van der Waals surface area contributed by atoms with Crippen LogP contribution in [0, 0.1) is 5.92 Å². The summed E-state index contributed by atoms with van der Waals surface area (Å²) in [5.41, 5.74) is 4.87. The molecule has 4 aromatic carbocycles. The average molecular weight is 532 g/mol. The van der Waals surface area contributed by atoms with Crippen LogP contribution in [0.2, 0.25) is 0 Å². The second kappa shape index (κ2) is 10.5. The summed E-state index contributed by atoms with van der Waals surface area (Å²) in [5.74, 6) is -2.18. The molecule has 0 N–H and O–H groups in total. The molecule has 4 aromatic rings. The summed E-state index contributed by atoms with van der Waals surface area (Å²) in [6, 6.07) is 34.6. The fourth-order valence-electron chi connectivity index (χ4n) is 6.38. The lowest BCUT2D eigenvalue weighted by Gasteiger charge is -2.44. The van der Waals surface area contributed by atoms with Gasteiger partial charge in [-0.3, -0.25) is 19.3 Å². The molecular formula is C34H29NO5. The summed E-state index contributed by atoms with van der Waals surface area (Å²) < 4.78 is 10.8. The first-order valence-electron chi connectivity index (χ1n) is 13.4. The van der Waals surface area contributed by atoms with Crippen molar-refractivity contribution >= 4 is 17.7 Å². The van der Waals surface area contributed by atoms with Crippen molar-refractivity contribution in [3.63, 3.8) is 0 Å². The van der Waals surface area contributed by atoms with E-state index in [4.69, 9.17) is 9.47 Å². The summed E-state index contributed by atoms with van der Waals surface area (Å²) in [7, 11) is 1.29. The zero-order chi connectivity index (χ0) is 27.7. The second-order valence-corrected chi connectivity index (χ2v) is 10.2. The highest BCUT2D eigenvalue weighted by Gasteiger charge is 2.59. The monoisotopic (exact) mass is 531 g/mol. The molecule has 1 aliphatic heterocycles. The van der Waals surface area contributed by atoms with E-state index in [-0.39, 0.29) is 25.4 Å². The van der Waals surface area contributed by atoms with Crippen LogP contribution in [0.25, 0.3) is 11.1 Å². The third-order valence-corrected chi connectivity index (χ3v) is 8.08. The van der Waals surface area contributed by atoms with Crippen molar-refractivity contribution in [3.05, 3.63) is 131 Å². The number of hydrogen-bond donors (Lipinski definition) is 0. The normalized spacial score (nSPS) is 19.1. The number of fused-ring (bicyclic) bond motifs is 3. The minimum Gasteiger partial charge on any atom is -0.469 e. The molecule has 1 heterocycles. The minimum absolute atomic E-state index is 0.0235. The third-order valence-electron chi connectivity index (χ3n) is 8.08. The van der Waals surface area contributed by atoms with Gasteiger partial charge in [0.2, 0.25) is 0 Å². The molecule has 6 heteroatoms. The maximum atomic E-state index is 14.0. The van der Waals surface area contributed by atoms with Crippen LogP contribution in [-0.4, -0.2) is 42.3 Å². The Balaban J connectivity index is 1.54. The van der Waals surface area contributed by atoms with Gasteiger partial charge in [0.25, 0.3) is 0 Å². The number of nitrogens with zero attached hydrogens (tertiary/aromatic N) is 1. The lowest BCUT2D eigenvalue weighted by atomic mass is 9.78. The van der Waals surface area contributed by atoms with Gasteiger partial charge in [-0.25, -0.2) is 0 Å². The summed E-state index contributed by atoms with van der Waals surface area (Å²) >= 11 is 0. The highest BCUT2D eigenvalue weighted by atomic mass is 16.5. The van der Waals surface area contributed by atoms with Gasteiger partial charge >= 0.3 is 11.9 Å². The summed E-state index contributed by atoms with van der Waals surface area (Å²) in [6.45, 7) is 0.0407. The molecule has 0 aromatic heterocycles. The van der Waals surface area contributed by atoms with Crippen molar-refractivity contribution in [3.8, 4) is 11.1 Å². The van der Waals surface area contributed by atoms with Crippen molar-refractivity contribution in [2.75, 3.05) is 13.7 Å². The molecule has 200 valence electrons. The molecule has 0 spiro atoms. The van der Waals surface area contributed by atoms with Crippen LogP contribution in [0.4, 0.5) is 0 Å². The van der Waals surface area contributed by atoms with E-state index in [0.29, 0.717) is 0 Å². The van der Waals surface area contributed by atoms with Gasteiger partial charge in [-0.2, -0.15) is 0 Å². The van der Waals surface area contributed by atoms with Crippen molar-refractivity contribution in [2.24, 2.45) is 5.92 Å². The standard InChI is InChI=1S/C34H29NO5/c1-39-31(37)20-27-30(36)21-35(32(27)33(38)40-22-23-12-4-2-5-13-23)34(24-14-6-3-7-15-24)28-18-10-8-16-25(28)26-17-9-11-19-29(26)34/h2-19,27,32H,20-22H2,1H3/t27?,32-/m0/s1. The molecule has 0 radical (unpaired) electrons. The molecule has 1 fully saturated rings. The molecular weight excluding hydrogens is 502 g/mol. The van der Waals surface area contributed by atoms with Crippen LogP contribution >= 0.6 is 0 Å². The summed E-state index contributed by atoms with van der Waals surface area (Å²) in [4.78, 5) is 42.2. The lowest BCUT2D eigenvalue weighted by Crippen LogP contribution is -2.53. The zero-order valence-electron chi connectivity index (χ0n) is 22.2. The van der Waals surface area contributed by atoms with Gasteiger partial charge in [0.05, 0.1) is 31.5 Å². The van der Waals surface area contributed by atoms with E-state index in [1.165, 1.54) is 7.11 Å². The fourth-order valence-corrected chi connectivity index (χ4v) is 6.38. The van der Waals surface area contributed by atoms with Crippen molar-refractivity contribution in [2.45, 2.75) is 24.6 Å². The van der Waals surface area contributed by atoms with E-state index in [9.17, 15) is 14.4 Å². The Hall–Kier alpha value is -4.55. The van der Waals surface area contributed by atoms with Crippen LogP contribution in [0.1, 0.15) is 28.7 Å². The molecule has 0 bridgehead atoms. The number of ether oxygens (including phenoxy) is 2. The van der Waals surface area contributed by atoms with Gasteiger partial charge in [-0.05, 0) is 33.4 Å². The highest BCUT2D eigenvalue weighted by molar-refractivity contribution is 5.97. The van der Waals surface area contributed by atoms with Gasteiger partial charge in [-0.1, -0.05) is 109 Å². The number of rotatable bonds is 7. The second-order valence-electron chi connectivity index (χ2n) is 10.2. The molecule has 1 unspecified atom stereocenters. The Morgan fingerprint density at radius 1 is 0.800 bits per heavy atom. The topological polar surface area (TPSA) is 72.9 Å². The number of carbonyl (C=O) groups excluding carboxylic acids is 3. The number of carbonyl (C=O) groups is 3. The van der Waals surface area contributed by atoms with Crippen molar-refractivity contribution < 1.29 is 23.9 Å². The first-order valence-corrected chi connectivity index (χ1v) is 13.4. The average Bonchev–Trinajstić information content (AvgIpc) is 3.49. The first-order chi connectivity index (χ1) is 19.6. The number of ketones is 1. The summed E-state index contributed by atoms with van der Waals surface area (Å²) in [6.07, 6.45) is -0.203.